The van der Waals surface area contributed by atoms with Gasteiger partial charge in [0.1, 0.15) is 0 Å². The SMILES string of the molecule is CC/C(C)=C/N=C1/C=CC=C/C1=C(/C)C(C)C. The quantitative estimate of drug-likeness (QED) is 0.656. The van der Waals surface area contributed by atoms with Gasteiger partial charge in [0.2, 0.25) is 0 Å². The van der Waals surface area contributed by atoms with Crippen LogP contribution in [0, 0.1) is 5.92 Å². The summed E-state index contributed by atoms with van der Waals surface area (Å²) in [5.41, 5.74) is 5.04. The van der Waals surface area contributed by atoms with Crippen LogP contribution < -0.4 is 0 Å². The molecule has 1 heteroatoms. The maximum Gasteiger partial charge on any atom is 0.0701 e. The molecule has 0 aromatic heterocycles. The fourth-order valence-corrected chi connectivity index (χ4v) is 1.50. The lowest BCUT2D eigenvalue weighted by Gasteiger charge is -2.14. The van der Waals surface area contributed by atoms with Crippen LogP contribution >= 0.6 is 0 Å². The van der Waals surface area contributed by atoms with Crippen LogP contribution in [-0.2, 0) is 0 Å². The van der Waals surface area contributed by atoms with Crippen LogP contribution in [0.2, 0.25) is 0 Å². The highest BCUT2D eigenvalue weighted by Gasteiger charge is 2.09. The molecule has 1 rings (SSSR count). The van der Waals surface area contributed by atoms with Crippen LogP contribution in [-0.4, -0.2) is 5.71 Å². The summed E-state index contributed by atoms with van der Waals surface area (Å²) in [5.74, 6) is 0.558. The van der Waals surface area contributed by atoms with Gasteiger partial charge in [-0.25, -0.2) is 0 Å². The van der Waals surface area contributed by atoms with E-state index in [1.165, 1.54) is 16.7 Å². The highest BCUT2D eigenvalue weighted by Crippen LogP contribution is 2.20. The second kappa shape index (κ2) is 6.39. The van der Waals surface area contributed by atoms with Crippen LogP contribution in [0.5, 0.6) is 0 Å². The van der Waals surface area contributed by atoms with E-state index in [-0.39, 0.29) is 0 Å². The maximum atomic E-state index is 4.60. The minimum absolute atomic E-state index is 0.558. The number of hydrogen-bond acceptors (Lipinski definition) is 1. The van der Waals surface area contributed by atoms with Gasteiger partial charge in [-0.2, -0.15) is 0 Å². The van der Waals surface area contributed by atoms with Crippen molar-refractivity contribution in [2.45, 2.75) is 41.0 Å². The first kappa shape index (κ1) is 13.7. The highest BCUT2D eigenvalue weighted by atomic mass is 14.7. The molecule has 1 aliphatic rings. The molecule has 0 bridgehead atoms. The van der Waals surface area contributed by atoms with Gasteiger partial charge in [-0.3, -0.25) is 4.99 Å². The fraction of sp³-hybridized carbons (Fsp3) is 0.438. The monoisotopic (exact) mass is 229 g/mol. The van der Waals surface area contributed by atoms with Crippen molar-refractivity contribution >= 4 is 5.71 Å². The Morgan fingerprint density at radius 3 is 2.47 bits per heavy atom. The van der Waals surface area contributed by atoms with Crippen molar-refractivity contribution in [3.05, 3.63) is 47.2 Å². The third-order valence-electron chi connectivity index (χ3n) is 3.18. The number of hydrogen-bond donors (Lipinski definition) is 0. The summed E-state index contributed by atoms with van der Waals surface area (Å²) >= 11 is 0. The Balaban J connectivity index is 3.10. The highest BCUT2D eigenvalue weighted by molar-refractivity contribution is 6.12. The second-order valence-corrected chi connectivity index (χ2v) is 4.81. The molecule has 1 nitrogen and oxygen atoms in total. The van der Waals surface area contributed by atoms with Crippen molar-refractivity contribution in [3.63, 3.8) is 0 Å². The molecule has 0 spiro atoms. The molecule has 0 saturated carbocycles. The molecule has 0 aromatic rings. The van der Waals surface area contributed by atoms with E-state index >= 15 is 0 Å². The smallest absolute Gasteiger partial charge is 0.0701 e. The van der Waals surface area contributed by atoms with Gasteiger partial charge in [0.05, 0.1) is 5.71 Å². The molecular weight excluding hydrogens is 206 g/mol. The van der Waals surface area contributed by atoms with E-state index in [0.29, 0.717) is 5.92 Å². The Morgan fingerprint density at radius 2 is 1.88 bits per heavy atom. The van der Waals surface area contributed by atoms with Crippen LogP contribution in [0.4, 0.5) is 0 Å². The zero-order valence-corrected chi connectivity index (χ0v) is 11.6. The summed E-state index contributed by atoms with van der Waals surface area (Å²) < 4.78 is 0. The lowest BCUT2D eigenvalue weighted by molar-refractivity contribution is 0.765. The molecule has 0 aliphatic heterocycles. The average molecular weight is 229 g/mol. The summed E-state index contributed by atoms with van der Waals surface area (Å²) in [6, 6.07) is 0. The molecule has 0 radical (unpaired) electrons. The molecule has 0 aromatic carbocycles. The van der Waals surface area contributed by atoms with Crippen LogP contribution in [0.3, 0.4) is 0 Å². The first-order valence-corrected chi connectivity index (χ1v) is 6.35. The number of rotatable bonds is 3. The molecule has 92 valence electrons. The van der Waals surface area contributed by atoms with E-state index in [9.17, 15) is 0 Å². The Hall–Kier alpha value is -1.37. The normalized spacial score (nSPS) is 21.5. The largest absolute Gasteiger partial charge is 0.256 e. The van der Waals surface area contributed by atoms with Crippen LogP contribution in [0.15, 0.2) is 52.2 Å². The van der Waals surface area contributed by atoms with Crippen LogP contribution in [0.25, 0.3) is 0 Å². The van der Waals surface area contributed by atoms with Gasteiger partial charge in [0.25, 0.3) is 0 Å². The molecule has 0 fully saturated rings. The van der Waals surface area contributed by atoms with E-state index in [1.54, 1.807) is 0 Å². The van der Waals surface area contributed by atoms with Gasteiger partial charge in [0, 0.05) is 6.20 Å². The van der Waals surface area contributed by atoms with Gasteiger partial charge in [-0.1, -0.05) is 50.1 Å². The van der Waals surface area contributed by atoms with E-state index in [4.69, 9.17) is 0 Å². The van der Waals surface area contributed by atoms with E-state index in [2.05, 4.69) is 57.8 Å². The topological polar surface area (TPSA) is 12.4 Å². The van der Waals surface area contributed by atoms with Crippen LogP contribution in [0.1, 0.15) is 41.0 Å². The standard InChI is InChI=1S/C16H23N/c1-6-13(4)11-17-16-10-8-7-9-15(16)14(5)12(2)3/h7-12H,6H2,1-5H3/b13-11+,15-14+,17-16-. The van der Waals surface area contributed by atoms with Crippen molar-refractivity contribution in [2.24, 2.45) is 10.9 Å². The zero-order chi connectivity index (χ0) is 12.8. The number of aliphatic imine (C=N–C) groups is 1. The molecular formula is C16H23N. The Morgan fingerprint density at radius 1 is 1.24 bits per heavy atom. The van der Waals surface area contributed by atoms with Gasteiger partial charge < -0.3 is 0 Å². The molecule has 1 aliphatic carbocycles. The van der Waals surface area contributed by atoms with Crippen molar-refractivity contribution in [1.82, 2.24) is 0 Å². The molecule has 0 amide bonds. The van der Waals surface area contributed by atoms with Gasteiger partial charge >= 0.3 is 0 Å². The Kier molecular flexibility index (Phi) is 5.14. The summed E-state index contributed by atoms with van der Waals surface area (Å²) in [4.78, 5) is 4.60. The summed E-state index contributed by atoms with van der Waals surface area (Å²) in [6.07, 6.45) is 11.4. The minimum atomic E-state index is 0.558. The first-order chi connectivity index (χ1) is 8.06. The summed E-state index contributed by atoms with van der Waals surface area (Å²) in [6.45, 7) is 10.9. The molecule has 17 heavy (non-hydrogen) atoms. The Labute approximate surface area is 105 Å². The van der Waals surface area contributed by atoms with E-state index in [1.807, 2.05) is 12.3 Å². The number of nitrogens with zero attached hydrogens (tertiary/aromatic N) is 1. The summed E-state index contributed by atoms with van der Waals surface area (Å²) in [7, 11) is 0. The molecule has 0 saturated heterocycles. The van der Waals surface area contributed by atoms with Gasteiger partial charge in [-0.15, -0.1) is 0 Å². The minimum Gasteiger partial charge on any atom is -0.256 e. The van der Waals surface area contributed by atoms with Crippen molar-refractivity contribution in [3.8, 4) is 0 Å². The van der Waals surface area contributed by atoms with Gasteiger partial charge in [0.15, 0.2) is 0 Å². The zero-order valence-electron chi connectivity index (χ0n) is 11.6. The fourth-order valence-electron chi connectivity index (χ4n) is 1.50. The second-order valence-electron chi connectivity index (χ2n) is 4.81. The first-order valence-electron chi connectivity index (χ1n) is 6.35. The van der Waals surface area contributed by atoms with Gasteiger partial charge in [-0.05, 0) is 37.8 Å². The summed E-state index contributed by atoms with van der Waals surface area (Å²) in [5, 5.41) is 0. The maximum absolute atomic E-state index is 4.60. The van der Waals surface area contributed by atoms with E-state index in [0.717, 1.165) is 12.1 Å². The lowest BCUT2D eigenvalue weighted by Crippen LogP contribution is -2.05. The van der Waals surface area contributed by atoms with Crippen molar-refractivity contribution in [2.75, 3.05) is 0 Å². The molecule has 0 N–H and O–H groups in total. The third-order valence-corrected chi connectivity index (χ3v) is 3.18. The average Bonchev–Trinajstić information content (AvgIpc) is 2.35. The predicted molar refractivity (Wildman–Crippen MR) is 77.3 cm³/mol. The molecule has 0 atom stereocenters. The predicted octanol–water partition coefficient (Wildman–Crippen LogP) is 4.84. The number of allylic oxidation sites excluding steroid dienone is 7. The van der Waals surface area contributed by atoms with Crippen molar-refractivity contribution < 1.29 is 0 Å². The van der Waals surface area contributed by atoms with E-state index < -0.39 is 0 Å². The Bertz CT molecular complexity index is 415. The molecule has 0 heterocycles. The van der Waals surface area contributed by atoms with Crippen molar-refractivity contribution in [1.29, 1.82) is 0 Å². The third kappa shape index (κ3) is 3.85. The molecule has 0 unspecified atom stereocenters. The lowest BCUT2D eigenvalue weighted by atomic mass is 9.93.